The lowest BCUT2D eigenvalue weighted by Gasteiger charge is -2.32. The van der Waals surface area contributed by atoms with Gasteiger partial charge in [-0.2, -0.15) is 13.2 Å². The number of esters is 1. The Bertz CT molecular complexity index is 1080. The first-order valence-electron chi connectivity index (χ1n) is 11.2. The summed E-state index contributed by atoms with van der Waals surface area (Å²) in [4.78, 5) is 44.8. The molecule has 1 fully saturated rings. The Balaban J connectivity index is 1.69. The number of aromatic nitrogens is 1. The smallest absolute Gasteiger partial charge is 0.416 e. The zero-order valence-corrected chi connectivity index (χ0v) is 19.5. The standard InChI is InChI=1S/C24H27F3N4O4/c1-3-35-23(34)16-7-6-12-31(14-16)20(32)15-30(2)22(33)19-10-5-11-28-21(19)29-18-9-4-8-17(13-18)24(25,26)27/h4-5,8-11,13,16H,3,6-7,12,14-15H2,1-2H3,(H,28,29). The second kappa shape index (κ2) is 11.2. The summed E-state index contributed by atoms with van der Waals surface area (Å²) in [5.74, 6) is -1.51. The van der Waals surface area contributed by atoms with Gasteiger partial charge in [0.1, 0.15) is 5.82 Å². The van der Waals surface area contributed by atoms with Crippen molar-refractivity contribution in [2.75, 3.05) is 38.6 Å². The van der Waals surface area contributed by atoms with Crippen molar-refractivity contribution in [3.63, 3.8) is 0 Å². The summed E-state index contributed by atoms with van der Waals surface area (Å²) in [6.07, 6.45) is -1.82. The number of hydrogen-bond acceptors (Lipinski definition) is 6. The van der Waals surface area contributed by atoms with Gasteiger partial charge in [-0.1, -0.05) is 6.07 Å². The molecule has 35 heavy (non-hydrogen) atoms. The Labute approximate surface area is 201 Å². The number of halogens is 3. The molecule has 1 N–H and O–H groups in total. The normalized spacial score (nSPS) is 15.9. The van der Waals surface area contributed by atoms with E-state index in [1.807, 2.05) is 0 Å². The number of pyridine rings is 1. The zero-order chi connectivity index (χ0) is 25.6. The molecule has 1 unspecified atom stereocenters. The van der Waals surface area contributed by atoms with Crippen LogP contribution in [0, 0.1) is 5.92 Å². The van der Waals surface area contributed by atoms with Crippen molar-refractivity contribution >= 4 is 29.3 Å². The van der Waals surface area contributed by atoms with E-state index >= 15 is 0 Å². The number of ether oxygens (including phenoxy) is 1. The van der Waals surface area contributed by atoms with Crippen molar-refractivity contribution in [2.45, 2.75) is 25.9 Å². The number of carbonyl (C=O) groups is 3. The number of hydrogen-bond donors (Lipinski definition) is 1. The minimum Gasteiger partial charge on any atom is -0.466 e. The highest BCUT2D eigenvalue weighted by Crippen LogP contribution is 2.31. The van der Waals surface area contributed by atoms with Gasteiger partial charge in [0, 0.05) is 32.0 Å². The molecule has 0 bridgehead atoms. The Hall–Kier alpha value is -3.63. The van der Waals surface area contributed by atoms with E-state index in [2.05, 4.69) is 10.3 Å². The largest absolute Gasteiger partial charge is 0.466 e. The number of nitrogens with one attached hydrogen (secondary N) is 1. The quantitative estimate of drug-likeness (QED) is 0.593. The van der Waals surface area contributed by atoms with Crippen molar-refractivity contribution < 1.29 is 32.3 Å². The van der Waals surface area contributed by atoms with Crippen LogP contribution >= 0.6 is 0 Å². The number of benzene rings is 1. The summed E-state index contributed by atoms with van der Waals surface area (Å²) in [6, 6.07) is 7.55. The highest BCUT2D eigenvalue weighted by molar-refractivity contribution is 6.00. The molecule has 2 aromatic rings. The first-order chi connectivity index (χ1) is 16.6. The SMILES string of the molecule is CCOC(=O)C1CCCN(C(=O)CN(C)C(=O)c2cccnc2Nc2cccc(C(F)(F)F)c2)C1. The fraction of sp³-hybridized carbons (Fsp3) is 0.417. The minimum atomic E-state index is -4.51. The van der Waals surface area contributed by atoms with Gasteiger partial charge in [-0.3, -0.25) is 14.4 Å². The predicted molar refractivity (Wildman–Crippen MR) is 122 cm³/mol. The van der Waals surface area contributed by atoms with Crippen molar-refractivity contribution in [3.05, 3.63) is 53.7 Å². The van der Waals surface area contributed by atoms with Gasteiger partial charge in [-0.15, -0.1) is 0 Å². The maximum Gasteiger partial charge on any atom is 0.416 e. The van der Waals surface area contributed by atoms with Crippen LogP contribution in [0.15, 0.2) is 42.6 Å². The van der Waals surface area contributed by atoms with E-state index in [1.165, 1.54) is 42.4 Å². The van der Waals surface area contributed by atoms with Gasteiger partial charge in [0.25, 0.3) is 5.91 Å². The first-order valence-corrected chi connectivity index (χ1v) is 11.2. The molecular formula is C24H27F3N4O4. The highest BCUT2D eigenvalue weighted by atomic mass is 19.4. The maximum absolute atomic E-state index is 13.1. The van der Waals surface area contributed by atoms with Crippen molar-refractivity contribution in [3.8, 4) is 0 Å². The molecule has 1 atom stereocenters. The van der Waals surface area contributed by atoms with Crippen molar-refractivity contribution in [1.82, 2.24) is 14.8 Å². The van der Waals surface area contributed by atoms with Crippen molar-refractivity contribution in [2.24, 2.45) is 5.92 Å². The molecule has 3 rings (SSSR count). The number of rotatable bonds is 7. The summed E-state index contributed by atoms with van der Waals surface area (Å²) in [5, 5.41) is 2.76. The molecule has 1 aliphatic heterocycles. The second-order valence-electron chi connectivity index (χ2n) is 8.20. The summed E-state index contributed by atoms with van der Waals surface area (Å²) in [6.45, 7) is 2.47. The van der Waals surface area contributed by atoms with E-state index in [0.717, 1.165) is 12.1 Å². The lowest BCUT2D eigenvalue weighted by Crippen LogP contribution is -2.47. The summed E-state index contributed by atoms with van der Waals surface area (Å²) in [5.41, 5.74) is -0.621. The van der Waals surface area contributed by atoms with Crippen LogP contribution in [0.3, 0.4) is 0 Å². The lowest BCUT2D eigenvalue weighted by atomic mass is 9.98. The first kappa shape index (κ1) is 26.0. The van der Waals surface area contributed by atoms with Crippen LogP contribution in [0.4, 0.5) is 24.7 Å². The fourth-order valence-corrected chi connectivity index (χ4v) is 3.82. The molecule has 2 heterocycles. The third kappa shape index (κ3) is 6.71. The molecule has 0 spiro atoms. The van der Waals surface area contributed by atoms with Gasteiger partial charge >= 0.3 is 12.1 Å². The number of anilines is 2. The maximum atomic E-state index is 13.1. The van der Waals surface area contributed by atoms with E-state index in [-0.39, 0.29) is 48.6 Å². The van der Waals surface area contributed by atoms with Gasteiger partial charge in [0.15, 0.2) is 0 Å². The van der Waals surface area contributed by atoms with E-state index in [0.29, 0.717) is 19.4 Å². The van der Waals surface area contributed by atoms with E-state index in [1.54, 1.807) is 11.8 Å². The number of alkyl halides is 3. The predicted octanol–water partition coefficient (Wildman–Crippen LogP) is 3.72. The van der Waals surface area contributed by atoms with Gasteiger partial charge < -0.3 is 19.9 Å². The monoisotopic (exact) mass is 492 g/mol. The zero-order valence-electron chi connectivity index (χ0n) is 19.5. The molecule has 11 heteroatoms. The minimum absolute atomic E-state index is 0.0662. The Morgan fingerprint density at radius 2 is 2.00 bits per heavy atom. The molecule has 2 amide bonds. The van der Waals surface area contributed by atoms with E-state index in [4.69, 9.17) is 4.74 Å². The number of carbonyl (C=O) groups excluding carboxylic acids is 3. The molecule has 0 aliphatic carbocycles. The average molecular weight is 492 g/mol. The Morgan fingerprint density at radius 3 is 2.71 bits per heavy atom. The summed E-state index contributed by atoms with van der Waals surface area (Å²) >= 11 is 0. The third-order valence-electron chi connectivity index (χ3n) is 5.60. The van der Waals surface area contributed by atoms with Gasteiger partial charge in [-0.25, -0.2) is 4.98 Å². The van der Waals surface area contributed by atoms with Crippen LogP contribution in [0.25, 0.3) is 0 Å². The molecule has 0 saturated carbocycles. The molecule has 8 nitrogen and oxygen atoms in total. The highest BCUT2D eigenvalue weighted by Gasteiger charge is 2.31. The Morgan fingerprint density at radius 1 is 1.23 bits per heavy atom. The number of likely N-dealkylation sites (tertiary alicyclic amines) is 1. The summed E-state index contributed by atoms with van der Waals surface area (Å²) in [7, 11) is 1.45. The molecule has 0 radical (unpaired) electrons. The van der Waals surface area contributed by atoms with Crippen LogP contribution in [0.1, 0.15) is 35.7 Å². The van der Waals surface area contributed by atoms with Gasteiger partial charge in [-0.05, 0) is 50.1 Å². The lowest BCUT2D eigenvalue weighted by molar-refractivity contribution is -0.151. The Kier molecular flexibility index (Phi) is 8.31. The van der Waals surface area contributed by atoms with E-state index in [9.17, 15) is 27.6 Å². The van der Waals surface area contributed by atoms with Gasteiger partial charge in [0.2, 0.25) is 5.91 Å². The molecule has 1 aromatic carbocycles. The van der Waals surface area contributed by atoms with Crippen molar-refractivity contribution in [1.29, 1.82) is 0 Å². The van der Waals surface area contributed by atoms with Crippen LogP contribution in [0.2, 0.25) is 0 Å². The molecule has 1 saturated heterocycles. The van der Waals surface area contributed by atoms with Crippen LogP contribution < -0.4 is 5.32 Å². The number of piperidine rings is 1. The average Bonchev–Trinajstić information content (AvgIpc) is 2.84. The summed E-state index contributed by atoms with van der Waals surface area (Å²) < 4.78 is 44.2. The number of likely N-dealkylation sites (N-methyl/N-ethyl adjacent to an activating group) is 1. The fourth-order valence-electron chi connectivity index (χ4n) is 3.82. The molecule has 188 valence electrons. The number of nitrogens with zero attached hydrogens (tertiary/aromatic N) is 3. The molecule has 1 aliphatic rings. The topological polar surface area (TPSA) is 91.8 Å². The number of amides is 2. The van der Waals surface area contributed by atoms with E-state index < -0.39 is 23.6 Å². The van der Waals surface area contributed by atoms with Crippen LogP contribution in [-0.4, -0.2) is 65.9 Å². The van der Waals surface area contributed by atoms with Gasteiger partial charge in [0.05, 0.1) is 30.2 Å². The van der Waals surface area contributed by atoms with Crippen LogP contribution in [-0.2, 0) is 20.5 Å². The molecular weight excluding hydrogens is 465 g/mol. The van der Waals surface area contributed by atoms with Crippen LogP contribution in [0.5, 0.6) is 0 Å². The second-order valence-corrected chi connectivity index (χ2v) is 8.20. The molecule has 1 aromatic heterocycles. The third-order valence-corrected chi connectivity index (χ3v) is 5.60.